The van der Waals surface area contributed by atoms with Gasteiger partial charge in [-0.15, -0.1) is 0 Å². The lowest BCUT2D eigenvalue weighted by atomic mass is 9.70. The van der Waals surface area contributed by atoms with Crippen molar-refractivity contribution in [1.29, 1.82) is 0 Å². The van der Waals surface area contributed by atoms with Crippen molar-refractivity contribution in [3.8, 4) is 0 Å². The second-order valence-electron chi connectivity index (χ2n) is 5.52. The average molecular weight is 197 g/mol. The van der Waals surface area contributed by atoms with Crippen LogP contribution in [0.2, 0.25) is 0 Å². The van der Waals surface area contributed by atoms with E-state index in [0.29, 0.717) is 6.04 Å². The highest BCUT2D eigenvalue weighted by Gasteiger charge is 2.53. The highest BCUT2D eigenvalue weighted by Crippen LogP contribution is 2.39. The van der Waals surface area contributed by atoms with Gasteiger partial charge in [-0.1, -0.05) is 0 Å². The van der Waals surface area contributed by atoms with Crippen LogP contribution >= 0.6 is 0 Å². The number of hydrogen-bond donors (Lipinski definition) is 1. The van der Waals surface area contributed by atoms with E-state index in [1.165, 1.54) is 6.42 Å². The first-order valence-corrected chi connectivity index (χ1v) is 5.42. The van der Waals surface area contributed by atoms with Crippen LogP contribution in [0.4, 0.5) is 0 Å². The number of rotatable bonds is 1. The zero-order chi connectivity index (χ0) is 10.4. The molecule has 0 aromatic rings. The van der Waals surface area contributed by atoms with Crippen molar-refractivity contribution in [2.75, 3.05) is 0 Å². The summed E-state index contributed by atoms with van der Waals surface area (Å²) in [6.07, 6.45) is 4.28. The molecule has 2 unspecified atom stereocenters. The molecular formula is C11H19NO2. The van der Waals surface area contributed by atoms with Crippen LogP contribution in [0.15, 0.2) is 0 Å². The van der Waals surface area contributed by atoms with Crippen LogP contribution in [0.3, 0.4) is 0 Å². The summed E-state index contributed by atoms with van der Waals surface area (Å²) < 4.78 is 5.42. The Morgan fingerprint density at radius 3 is 2.57 bits per heavy atom. The van der Waals surface area contributed by atoms with Gasteiger partial charge in [0, 0.05) is 6.04 Å². The van der Waals surface area contributed by atoms with E-state index in [0.717, 1.165) is 19.3 Å². The Morgan fingerprint density at radius 2 is 2.14 bits per heavy atom. The molecule has 3 rings (SSSR count). The van der Waals surface area contributed by atoms with Crippen molar-refractivity contribution in [3.05, 3.63) is 0 Å². The summed E-state index contributed by atoms with van der Waals surface area (Å²) in [7, 11) is 0. The summed E-state index contributed by atoms with van der Waals surface area (Å²) in [6.45, 7) is 5.75. The van der Waals surface area contributed by atoms with E-state index in [4.69, 9.17) is 4.74 Å². The van der Waals surface area contributed by atoms with Crippen molar-refractivity contribution >= 4 is 5.97 Å². The highest BCUT2D eigenvalue weighted by molar-refractivity contribution is 5.83. The lowest BCUT2D eigenvalue weighted by Gasteiger charge is -2.52. The summed E-state index contributed by atoms with van der Waals surface area (Å²) >= 11 is 0. The molecule has 2 heterocycles. The van der Waals surface area contributed by atoms with Crippen molar-refractivity contribution in [2.24, 2.45) is 0 Å². The lowest BCUT2D eigenvalue weighted by Crippen LogP contribution is -2.71. The number of piperidine rings is 1. The van der Waals surface area contributed by atoms with Gasteiger partial charge in [0.25, 0.3) is 0 Å². The van der Waals surface area contributed by atoms with E-state index < -0.39 is 0 Å². The highest BCUT2D eigenvalue weighted by atomic mass is 16.6. The molecule has 0 aromatic heterocycles. The summed E-state index contributed by atoms with van der Waals surface area (Å²) in [5.74, 6) is -0.0547. The Morgan fingerprint density at radius 1 is 1.50 bits per heavy atom. The number of carbonyl (C=O) groups is 1. The monoisotopic (exact) mass is 197 g/mol. The first-order valence-electron chi connectivity index (χ1n) is 5.42. The SMILES string of the molecule is CC(C)(C)OC(=O)C12CCCC(C1)N2. The molecule has 3 heteroatoms. The van der Waals surface area contributed by atoms with Crippen LogP contribution < -0.4 is 5.32 Å². The molecule has 2 bridgehead atoms. The molecule has 1 aliphatic carbocycles. The Balaban J connectivity index is 1.98. The molecule has 3 nitrogen and oxygen atoms in total. The Kier molecular flexibility index (Phi) is 2.11. The molecule has 14 heavy (non-hydrogen) atoms. The maximum atomic E-state index is 11.9. The second kappa shape index (κ2) is 2.96. The third-order valence-electron chi connectivity index (χ3n) is 3.02. The molecule has 2 atom stereocenters. The van der Waals surface area contributed by atoms with Crippen molar-refractivity contribution in [1.82, 2.24) is 5.32 Å². The third-order valence-corrected chi connectivity index (χ3v) is 3.02. The Hall–Kier alpha value is -0.570. The predicted octanol–water partition coefficient (Wildman–Crippen LogP) is 1.61. The van der Waals surface area contributed by atoms with Crippen LogP contribution in [-0.2, 0) is 9.53 Å². The molecule has 3 fully saturated rings. The van der Waals surface area contributed by atoms with Gasteiger partial charge in [-0.3, -0.25) is 10.1 Å². The Bertz CT molecular complexity index is 243. The zero-order valence-electron chi connectivity index (χ0n) is 9.22. The van der Waals surface area contributed by atoms with E-state index in [1.807, 2.05) is 20.8 Å². The van der Waals surface area contributed by atoms with Gasteiger partial charge in [0.15, 0.2) is 0 Å². The molecule has 1 N–H and O–H groups in total. The van der Waals surface area contributed by atoms with E-state index in [-0.39, 0.29) is 17.1 Å². The average Bonchev–Trinajstić information content (AvgIpc) is 2.00. The van der Waals surface area contributed by atoms with Crippen molar-refractivity contribution in [3.63, 3.8) is 0 Å². The molecule has 2 saturated heterocycles. The first kappa shape index (κ1) is 9.97. The van der Waals surface area contributed by atoms with E-state index in [9.17, 15) is 4.79 Å². The van der Waals surface area contributed by atoms with E-state index in [2.05, 4.69) is 5.32 Å². The van der Waals surface area contributed by atoms with Gasteiger partial charge in [-0.2, -0.15) is 0 Å². The summed E-state index contributed by atoms with van der Waals surface area (Å²) in [5.41, 5.74) is -0.688. The minimum Gasteiger partial charge on any atom is -0.459 e. The van der Waals surface area contributed by atoms with Crippen LogP contribution in [0.1, 0.15) is 46.5 Å². The van der Waals surface area contributed by atoms with Crippen LogP contribution in [0, 0.1) is 0 Å². The van der Waals surface area contributed by atoms with Gasteiger partial charge in [0.2, 0.25) is 0 Å². The Labute approximate surface area is 85.2 Å². The molecule has 2 aliphatic heterocycles. The van der Waals surface area contributed by atoms with Crippen LogP contribution in [0.25, 0.3) is 0 Å². The van der Waals surface area contributed by atoms with Crippen LogP contribution in [-0.4, -0.2) is 23.2 Å². The number of carbonyl (C=O) groups excluding carboxylic acids is 1. The minimum atomic E-state index is -0.365. The van der Waals surface area contributed by atoms with Crippen LogP contribution in [0.5, 0.6) is 0 Å². The van der Waals surface area contributed by atoms with Crippen molar-refractivity contribution < 1.29 is 9.53 Å². The van der Waals surface area contributed by atoms with Gasteiger partial charge in [0.1, 0.15) is 11.1 Å². The normalized spacial score (nSPS) is 36.1. The standard InChI is InChI=1S/C11H19NO2/c1-10(2,3)14-9(13)11-6-4-5-8(7-11)12-11/h8,12H,4-7H2,1-3H3. The number of hydrogen-bond acceptors (Lipinski definition) is 3. The quantitative estimate of drug-likeness (QED) is 0.649. The third kappa shape index (κ3) is 1.65. The fourth-order valence-corrected chi connectivity index (χ4v) is 2.41. The predicted molar refractivity (Wildman–Crippen MR) is 54.0 cm³/mol. The molecular weight excluding hydrogens is 178 g/mol. The summed E-state index contributed by atoms with van der Waals surface area (Å²) in [5, 5.41) is 3.34. The maximum Gasteiger partial charge on any atom is 0.326 e. The lowest BCUT2D eigenvalue weighted by molar-refractivity contribution is -0.171. The maximum absolute atomic E-state index is 11.9. The fourth-order valence-electron chi connectivity index (χ4n) is 2.41. The molecule has 1 saturated carbocycles. The molecule has 3 aliphatic rings. The topological polar surface area (TPSA) is 38.3 Å². The smallest absolute Gasteiger partial charge is 0.326 e. The minimum absolute atomic E-state index is 0.0547. The first-order chi connectivity index (χ1) is 6.41. The van der Waals surface area contributed by atoms with Gasteiger partial charge in [-0.05, 0) is 46.5 Å². The second-order valence-corrected chi connectivity index (χ2v) is 5.52. The molecule has 0 aromatic carbocycles. The number of ether oxygens (including phenoxy) is 1. The molecule has 0 amide bonds. The number of esters is 1. The van der Waals surface area contributed by atoms with E-state index >= 15 is 0 Å². The van der Waals surface area contributed by atoms with Gasteiger partial charge < -0.3 is 4.74 Å². The molecule has 0 spiro atoms. The largest absolute Gasteiger partial charge is 0.459 e. The summed E-state index contributed by atoms with van der Waals surface area (Å²) in [4.78, 5) is 11.9. The van der Waals surface area contributed by atoms with E-state index in [1.54, 1.807) is 0 Å². The number of fused-ring (bicyclic) bond motifs is 2. The summed E-state index contributed by atoms with van der Waals surface area (Å²) in [6, 6.07) is 0.566. The zero-order valence-corrected chi connectivity index (χ0v) is 9.22. The molecule has 0 radical (unpaired) electrons. The van der Waals surface area contributed by atoms with Gasteiger partial charge >= 0.3 is 5.97 Å². The van der Waals surface area contributed by atoms with Gasteiger partial charge in [0.05, 0.1) is 0 Å². The fraction of sp³-hybridized carbons (Fsp3) is 0.909. The van der Waals surface area contributed by atoms with Gasteiger partial charge in [-0.25, -0.2) is 0 Å². The number of nitrogens with one attached hydrogen (secondary N) is 1. The molecule has 80 valence electrons. The van der Waals surface area contributed by atoms with Crippen molar-refractivity contribution in [2.45, 2.75) is 63.6 Å².